The smallest absolute Gasteiger partial charge is 0.311 e. The third-order valence-corrected chi connectivity index (χ3v) is 4.13. The molecule has 5 nitrogen and oxygen atoms in total. The molecule has 1 amide bonds. The number of nitrogens with zero attached hydrogens (tertiary/aromatic N) is 1. The van der Waals surface area contributed by atoms with Gasteiger partial charge >= 0.3 is 5.97 Å². The lowest BCUT2D eigenvalue weighted by molar-refractivity contribution is -0.147. The van der Waals surface area contributed by atoms with Gasteiger partial charge in [0.25, 0.3) is 0 Å². The monoisotopic (exact) mass is 323 g/mol. The van der Waals surface area contributed by atoms with Gasteiger partial charge in [0.05, 0.1) is 12.5 Å². The van der Waals surface area contributed by atoms with Crippen molar-refractivity contribution in [2.24, 2.45) is 5.41 Å². The molecule has 1 unspecified atom stereocenters. The molecule has 22 heavy (non-hydrogen) atoms. The summed E-state index contributed by atoms with van der Waals surface area (Å²) in [5.74, 6) is -0.472. The van der Waals surface area contributed by atoms with Crippen LogP contribution in [-0.2, 0) is 9.59 Å². The molecule has 1 aliphatic rings. The lowest BCUT2D eigenvalue weighted by atomic mass is 9.90. The Morgan fingerprint density at radius 2 is 2.18 bits per heavy atom. The van der Waals surface area contributed by atoms with E-state index in [4.69, 9.17) is 16.3 Å². The maximum Gasteiger partial charge on any atom is 0.311 e. The molecular formula is C16H18ClNO4. The molecular weight excluding hydrogens is 306 g/mol. The fourth-order valence-electron chi connectivity index (χ4n) is 2.43. The Bertz CT molecular complexity index is 629. The van der Waals surface area contributed by atoms with Gasteiger partial charge in [-0.25, -0.2) is 0 Å². The van der Waals surface area contributed by atoms with E-state index in [0.29, 0.717) is 29.3 Å². The molecule has 1 heterocycles. The van der Waals surface area contributed by atoms with Gasteiger partial charge in [-0.15, -0.1) is 0 Å². The molecule has 0 radical (unpaired) electrons. The van der Waals surface area contributed by atoms with Crippen molar-refractivity contribution in [2.75, 3.05) is 20.2 Å². The molecule has 0 bridgehead atoms. The number of hydrogen-bond acceptors (Lipinski definition) is 3. The third-order valence-electron chi connectivity index (χ3n) is 3.90. The standard InChI is InChI=1S/C16H18ClNO4/c1-16(15(20)21)7-8-18(10-16)14(19)6-3-11-9-12(17)4-5-13(11)22-2/h3-6,9H,7-8,10H2,1-2H3,(H,20,21). The average molecular weight is 324 g/mol. The molecule has 0 aromatic heterocycles. The van der Waals surface area contributed by atoms with E-state index in [1.807, 2.05) is 0 Å². The van der Waals surface area contributed by atoms with Crippen LogP contribution in [-0.4, -0.2) is 42.1 Å². The molecule has 2 rings (SSSR count). The number of ether oxygens (including phenoxy) is 1. The van der Waals surface area contributed by atoms with E-state index in [0.717, 1.165) is 0 Å². The van der Waals surface area contributed by atoms with Crippen LogP contribution in [0.1, 0.15) is 18.9 Å². The van der Waals surface area contributed by atoms with E-state index in [-0.39, 0.29) is 12.5 Å². The lowest BCUT2D eigenvalue weighted by Gasteiger charge is -2.19. The van der Waals surface area contributed by atoms with Crippen LogP contribution in [0.5, 0.6) is 5.75 Å². The van der Waals surface area contributed by atoms with E-state index in [2.05, 4.69) is 0 Å². The summed E-state index contributed by atoms with van der Waals surface area (Å²) in [5, 5.41) is 9.74. The first kappa shape index (κ1) is 16.4. The average Bonchev–Trinajstić information content (AvgIpc) is 2.89. The van der Waals surface area contributed by atoms with Gasteiger partial charge in [-0.1, -0.05) is 11.6 Å². The summed E-state index contributed by atoms with van der Waals surface area (Å²) in [7, 11) is 1.54. The van der Waals surface area contributed by atoms with Gasteiger partial charge in [0.2, 0.25) is 5.91 Å². The summed E-state index contributed by atoms with van der Waals surface area (Å²) >= 11 is 5.94. The number of methoxy groups -OCH3 is 1. The second-order valence-electron chi connectivity index (χ2n) is 5.60. The number of likely N-dealkylation sites (tertiary alicyclic amines) is 1. The van der Waals surface area contributed by atoms with Crippen molar-refractivity contribution in [1.82, 2.24) is 4.90 Å². The highest BCUT2D eigenvalue weighted by atomic mass is 35.5. The Balaban J connectivity index is 2.10. The van der Waals surface area contributed by atoms with E-state index < -0.39 is 11.4 Å². The van der Waals surface area contributed by atoms with Crippen LogP contribution in [0.15, 0.2) is 24.3 Å². The van der Waals surface area contributed by atoms with Gasteiger partial charge in [-0.05, 0) is 37.6 Å². The number of aliphatic carboxylic acids is 1. The van der Waals surface area contributed by atoms with Gasteiger partial charge in [-0.3, -0.25) is 9.59 Å². The van der Waals surface area contributed by atoms with Gasteiger partial charge in [0, 0.05) is 29.8 Å². The minimum absolute atomic E-state index is 0.216. The van der Waals surface area contributed by atoms with Gasteiger partial charge in [-0.2, -0.15) is 0 Å². The number of benzene rings is 1. The van der Waals surface area contributed by atoms with Crippen molar-refractivity contribution in [2.45, 2.75) is 13.3 Å². The normalized spacial score (nSPS) is 21.3. The Kier molecular flexibility index (Phi) is 4.76. The van der Waals surface area contributed by atoms with E-state index in [1.165, 1.54) is 6.08 Å². The minimum atomic E-state index is -0.872. The molecule has 1 aromatic rings. The largest absolute Gasteiger partial charge is 0.496 e. The number of carboxylic acid groups (broad SMARTS) is 1. The molecule has 1 aromatic carbocycles. The van der Waals surface area contributed by atoms with Crippen molar-refractivity contribution in [3.05, 3.63) is 34.9 Å². The summed E-state index contributed by atoms with van der Waals surface area (Å²) in [5.41, 5.74) is -0.166. The van der Waals surface area contributed by atoms with Gasteiger partial charge in [0.1, 0.15) is 5.75 Å². The first-order chi connectivity index (χ1) is 10.4. The minimum Gasteiger partial charge on any atom is -0.496 e. The molecule has 118 valence electrons. The van der Waals surface area contributed by atoms with Crippen LogP contribution < -0.4 is 4.74 Å². The Morgan fingerprint density at radius 3 is 2.77 bits per heavy atom. The number of carbonyl (C=O) groups is 2. The summed E-state index contributed by atoms with van der Waals surface area (Å²) in [4.78, 5) is 24.9. The Labute approximate surface area is 134 Å². The molecule has 1 fully saturated rings. The molecule has 1 saturated heterocycles. The molecule has 0 saturated carbocycles. The highest BCUT2D eigenvalue weighted by Gasteiger charge is 2.41. The lowest BCUT2D eigenvalue weighted by Crippen LogP contribution is -2.34. The van der Waals surface area contributed by atoms with Crippen molar-refractivity contribution < 1.29 is 19.4 Å². The van der Waals surface area contributed by atoms with Crippen molar-refractivity contribution in [1.29, 1.82) is 0 Å². The van der Waals surface area contributed by atoms with Crippen LogP contribution in [0.3, 0.4) is 0 Å². The summed E-state index contributed by atoms with van der Waals surface area (Å²) in [6.45, 7) is 2.32. The SMILES string of the molecule is COc1ccc(Cl)cc1C=CC(=O)N1CCC(C)(C(=O)O)C1. The Hall–Kier alpha value is -2.01. The zero-order valence-electron chi connectivity index (χ0n) is 12.5. The first-order valence-electron chi connectivity index (χ1n) is 6.90. The fraction of sp³-hybridized carbons (Fsp3) is 0.375. The number of amides is 1. The number of halogens is 1. The second-order valence-corrected chi connectivity index (χ2v) is 6.03. The Morgan fingerprint density at radius 1 is 1.45 bits per heavy atom. The molecule has 1 atom stereocenters. The van der Waals surface area contributed by atoms with Crippen molar-refractivity contribution in [3.63, 3.8) is 0 Å². The van der Waals surface area contributed by atoms with Crippen LogP contribution >= 0.6 is 11.6 Å². The summed E-state index contributed by atoms with van der Waals surface area (Å²) in [6.07, 6.45) is 3.51. The molecule has 6 heteroatoms. The summed E-state index contributed by atoms with van der Waals surface area (Å²) < 4.78 is 5.21. The molecule has 0 spiro atoms. The van der Waals surface area contributed by atoms with Crippen LogP contribution in [0.25, 0.3) is 6.08 Å². The number of carboxylic acids is 1. The van der Waals surface area contributed by atoms with Crippen LogP contribution in [0, 0.1) is 5.41 Å². The predicted molar refractivity (Wildman–Crippen MR) is 84.0 cm³/mol. The van der Waals surface area contributed by atoms with E-state index >= 15 is 0 Å². The fourth-order valence-corrected chi connectivity index (χ4v) is 2.61. The van der Waals surface area contributed by atoms with Crippen molar-refractivity contribution >= 4 is 29.6 Å². The van der Waals surface area contributed by atoms with E-state index in [9.17, 15) is 14.7 Å². The molecule has 1 N–H and O–H groups in total. The number of hydrogen-bond donors (Lipinski definition) is 1. The predicted octanol–water partition coefficient (Wildman–Crippen LogP) is 2.69. The van der Waals surface area contributed by atoms with Gasteiger partial charge in [0.15, 0.2) is 0 Å². The maximum absolute atomic E-state index is 12.2. The second kappa shape index (κ2) is 6.40. The maximum atomic E-state index is 12.2. The number of carbonyl (C=O) groups excluding carboxylic acids is 1. The third kappa shape index (κ3) is 3.42. The zero-order chi connectivity index (χ0) is 16.3. The molecule has 1 aliphatic heterocycles. The topological polar surface area (TPSA) is 66.8 Å². The van der Waals surface area contributed by atoms with Crippen molar-refractivity contribution in [3.8, 4) is 5.75 Å². The number of rotatable bonds is 4. The molecule has 0 aliphatic carbocycles. The highest BCUT2D eigenvalue weighted by Crippen LogP contribution is 2.30. The zero-order valence-corrected chi connectivity index (χ0v) is 13.3. The first-order valence-corrected chi connectivity index (χ1v) is 7.27. The quantitative estimate of drug-likeness (QED) is 0.865. The van der Waals surface area contributed by atoms with Crippen LogP contribution in [0.4, 0.5) is 0 Å². The van der Waals surface area contributed by atoms with Crippen LogP contribution in [0.2, 0.25) is 5.02 Å². The van der Waals surface area contributed by atoms with E-state index in [1.54, 1.807) is 43.2 Å². The highest BCUT2D eigenvalue weighted by molar-refractivity contribution is 6.30. The summed E-state index contributed by atoms with van der Waals surface area (Å²) in [6, 6.07) is 5.14. The van der Waals surface area contributed by atoms with Gasteiger partial charge < -0.3 is 14.7 Å².